The maximum Gasteiger partial charge on any atom is 0.191 e. The Balaban J connectivity index is 2.00. The summed E-state index contributed by atoms with van der Waals surface area (Å²) < 4.78 is 5.11. The normalized spacial score (nSPS) is 10.6. The fraction of sp³-hybridized carbons (Fsp3) is 0.176. The van der Waals surface area contributed by atoms with Gasteiger partial charge in [0.15, 0.2) is 5.11 Å². The summed E-state index contributed by atoms with van der Waals surface area (Å²) in [6.07, 6.45) is 1.48. The molecule has 0 atom stereocenters. The summed E-state index contributed by atoms with van der Waals surface area (Å²) in [5, 5.41) is 17.3. The van der Waals surface area contributed by atoms with Crippen molar-refractivity contribution in [2.45, 2.75) is 13.8 Å². The lowest BCUT2D eigenvalue weighted by Gasteiger charge is -2.11. The van der Waals surface area contributed by atoms with Gasteiger partial charge in [0.25, 0.3) is 0 Å². The van der Waals surface area contributed by atoms with Crippen LogP contribution in [-0.4, -0.2) is 23.5 Å². The highest BCUT2D eigenvalue weighted by Gasteiger charge is 2.03. The number of thiocarbonyl (C=S) groups is 1. The van der Waals surface area contributed by atoms with Gasteiger partial charge in [0, 0.05) is 11.3 Å². The number of aromatic hydroxyl groups is 1. The van der Waals surface area contributed by atoms with E-state index in [1.807, 2.05) is 32.0 Å². The molecule has 2 rings (SSSR count). The smallest absolute Gasteiger partial charge is 0.191 e. The third-order valence-electron chi connectivity index (χ3n) is 3.46. The van der Waals surface area contributed by atoms with Crippen LogP contribution in [0.5, 0.6) is 11.5 Å². The Hall–Kier alpha value is -2.60. The molecule has 0 spiro atoms. The van der Waals surface area contributed by atoms with Crippen molar-refractivity contribution in [3.63, 3.8) is 0 Å². The number of benzene rings is 2. The number of phenolic OH excluding ortho intramolecular Hbond substituents is 1. The van der Waals surface area contributed by atoms with Crippen LogP contribution in [0.15, 0.2) is 41.5 Å². The minimum absolute atomic E-state index is 0.116. The van der Waals surface area contributed by atoms with Crippen LogP contribution in [0.1, 0.15) is 16.7 Å². The summed E-state index contributed by atoms with van der Waals surface area (Å²) in [5.74, 6) is 0.755. The second kappa shape index (κ2) is 7.60. The predicted octanol–water partition coefficient (Wildman–Crippen LogP) is 3.34. The van der Waals surface area contributed by atoms with Crippen molar-refractivity contribution in [2.75, 3.05) is 12.4 Å². The van der Waals surface area contributed by atoms with Crippen LogP contribution in [0.2, 0.25) is 0 Å². The first-order valence-electron chi connectivity index (χ1n) is 7.04. The van der Waals surface area contributed by atoms with Gasteiger partial charge >= 0.3 is 0 Å². The molecule has 0 heterocycles. The molecule has 0 unspecified atom stereocenters. The van der Waals surface area contributed by atoms with Gasteiger partial charge in [-0.3, -0.25) is 5.43 Å². The van der Waals surface area contributed by atoms with Gasteiger partial charge in [0.1, 0.15) is 11.5 Å². The number of hydrazone groups is 1. The van der Waals surface area contributed by atoms with Crippen LogP contribution < -0.4 is 15.5 Å². The number of ether oxygens (including phenoxy) is 1. The fourth-order valence-corrected chi connectivity index (χ4v) is 2.12. The standard InChI is InChI=1S/C17H19N3O2S/c1-11-5-4-6-15(12(11)2)19-17(23)20-18-10-13-9-14(22-3)7-8-16(13)21/h4-10,21H,1-3H3,(H2,19,20,23). The van der Waals surface area contributed by atoms with Gasteiger partial charge in [-0.2, -0.15) is 5.10 Å². The zero-order chi connectivity index (χ0) is 16.8. The lowest BCUT2D eigenvalue weighted by Crippen LogP contribution is -2.24. The Labute approximate surface area is 141 Å². The largest absolute Gasteiger partial charge is 0.507 e. The Morgan fingerprint density at radius 3 is 2.78 bits per heavy atom. The third kappa shape index (κ3) is 4.43. The van der Waals surface area contributed by atoms with Gasteiger partial charge in [-0.1, -0.05) is 12.1 Å². The van der Waals surface area contributed by atoms with Crippen LogP contribution in [0, 0.1) is 13.8 Å². The van der Waals surface area contributed by atoms with Gasteiger partial charge in [0.05, 0.1) is 13.3 Å². The van der Waals surface area contributed by atoms with Crippen molar-refractivity contribution in [3.8, 4) is 11.5 Å². The quantitative estimate of drug-likeness (QED) is 0.456. The lowest BCUT2D eigenvalue weighted by molar-refractivity contribution is 0.412. The zero-order valence-corrected chi connectivity index (χ0v) is 14.1. The Bertz CT molecular complexity index is 745. The first-order valence-corrected chi connectivity index (χ1v) is 7.45. The van der Waals surface area contributed by atoms with E-state index in [0.717, 1.165) is 11.3 Å². The highest BCUT2D eigenvalue weighted by atomic mass is 32.1. The molecule has 2 aromatic rings. The molecule has 23 heavy (non-hydrogen) atoms. The first kappa shape index (κ1) is 16.8. The van der Waals surface area contributed by atoms with Crippen LogP contribution in [-0.2, 0) is 0 Å². The van der Waals surface area contributed by atoms with Crippen molar-refractivity contribution in [2.24, 2.45) is 5.10 Å². The second-order valence-corrected chi connectivity index (χ2v) is 5.40. The van der Waals surface area contributed by atoms with Gasteiger partial charge in [-0.15, -0.1) is 0 Å². The average molecular weight is 329 g/mol. The average Bonchev–Trinajstić information content (AvgIpc) is 2.53. The first-order chi connectivity index (χ1) is 11.0. The highest BCUT2D eigenvalue weighted by Crippen LogP contribution is 2.21. The molecule has 0 aliphatic heterocycles. The summed E-state index contributed by atoms with van der Waals surface area (Å²) >= 11 is 5.21. The summed E-state index contributed by atoms with van der Waals surface area (Å²) in [4.78, 5) is 0. The van der Waals surface area contributed by atoms with Crippen LogP contribution >= 0.6 is 12.2 Å². The van der Waals surface area contributed by atoms with Gasteiger partial charge in [0.2, 0.25) is 0 Å². The van der Waals surface area contributed by atoms with Crippen molar-refractivity contribution < 1.29 is 9.84 Å². The number of anilines is 1. The van der Waals surface area contributed by atoms with E-state index in [9.17, 15) is 5.11 Å². The summed E-state index contributed by atoms with van der Waals surface area (Å²) in [7, 11) is 1.56. The highest BCUT2D eigenvalue weighted by molar-refractivity contribution is 7.80. The van der Waals surface area contributed by atoms with Crippen molar-refractivity contribution in [1.29, 1.82) is 0 Å². The van der Waals surface area contributed by atoms with E-state index in [4.69, 9.17) is 17.0 Å². The van der Waals surface area contributed by atoms with E-state index in [2.05, 4.69) is 15.8 Å². The molecule has 0 fully saturated rings. The molecule has 0 radical (unpaired) electrons. The van der Waals surface area contributed by atoms with E-state index in [1.165, 1.54) is 11.8 Å². The molecule has 0 saturated carbocycles. The van der Waals surface area contributed by atoms with Crippen LogP contribution in [0.3, 0.4) is 0 Å². The number of rotatable bonds is 4. The number of hydrogen-bond acceptors (Lipinski definition) is 4. The maximum atomic E-state index is 9.77. The van der Waals surface area contributed by atoms with E-state index in [1.54, 1.807) is 25.3 Å². The fourth-order valence-electron chi connectivity index (χ4n) is 1.96. The number of methoxy groups -OCH3 is 1. The Morgan fingerprint density at radius 2 is 2.04 bits per heavy atom. The molecule has 3 N–H and O–H groups in total. The predicted molar refractivity (Wildman–Crippen MR) is 97.5 cm³/mol. The summed E-state index contributed by atoms with van der Waals surface area (Å²) in [6.45, 7) is 4.07. The number of hydrogen-bond donors (Lipinski definition) is 3. The lowest BCUT2D eigenvalue weighted by atomic mass is 10.1. The molecule has 0 aliphatic carbocycles. The molecule has 120 valence electrons. The molecule has 0 bridgehead atoms. The summed E-state index contributed by atoms with van der Waals surface area (Å²) in [6, 6.07) is 10.9. The maximum absolute atomic E-state index is 9.77. The van der Waals surface area contributed by atoms with E-state index in [0.29, 0.717) is 16.4 Å². The number of aryl methyl sites for hydroxylation is 1. The monoisotopic (exact) mass is 329 g/mol. The second-order valence-electron chi connectivity index (χ2n) is 5.00. The van der Waals surface area contributed by atoms with Gasteiger partial charge in [-0.25, -0.2) is 0 Å². The van der Waals surface area contributed by atoms with Crippen molar-refractivity contribution in [1.82, 2.24) is 5.43 Å². The molecule has 6 heteroatoms. The van der Waals surface area contributed by atoms with Crippen molar-refractivity contribution >= 4 is 29.2 Å². The summed E-state index contributed by atoms with van der Waals surface area (Å²) in [5.41, 5.74) is 6.51. The number of phenols is 1. The van der Waals surface area contributed by atoms with Crippen molar-refractivity contribution in [3.05, 3.63) is 53.1 Å². The number of nitrogens with one attached hydrogen (secondary N) is 2. The molecule has 0 amide bonds. The molecule has 2 aromatic carbocycles. The minimum Gasteiger partial charge on any atom is -0.507 e. The van der Waals surface area contributed by atoms with E-state index < -0.39 is 0 Å². The van der Waals surface area contributed by atoms with Crippen LogP contribution in [0.4, 0.5) is 5.69 Å². The van der Waals surface area contributed by atoms with E-state index in [-0.39, 0.29) is 5.75 Å². The third-order valence-corrected chi connectivity index (χ3v) is 3.65. The zero-order valence-electron chi connectivity index (χ0n) is 13.3. The topological polar surface area (TPSA) is 65.9 Å². The molecular weight excluding hydrogens is 310 g/mol. The SMILES string of the molecule is COc1ccc(O)c(C=NNC(=S)Nc2cccc(C)c2C)c1. The number of nitrogens with zero attached hydrogens (tertiary/aromatic N) is 1. The van der Waals surface area contributed by atoms with Gasteiger partial charge in [-0.05, 0) is 61.5 Å². The molecule has 0 aromatic heterocycles. The molecule has 5 nitrogen and oxygen atoms in total. The Kier molecular flexibility index (Phi) is 5.54. The Morgan fingerprint density at radius 1 is 1.26 bits per heavy atom. The molecule has 0 saturated heterocycles. The molecule has 0 aliphatic rings. The van der Waals surface area contributed by atoms with E-state index >= 15 is 0 Å². The molecular formula is C17H19N3O2S. The minimum atomic E-state index is 0.116. The van der Waals surface area contributed by atoms with Gasteiger partial charge < -0.3 is 15.2 Å². The van der Waals surface area contributed by atoms with Crippen LogP contribution in [0.25, 0.3) is 0 Å².